The molecule has 1 heterocycles. The Hall–Kier alpha value is -2.06. The van der Waals surface area contributed by atoms with Gasteiger partial charge in [0.05, 0.1) is 19.1 Å². The fourth-order valence-electron chi connectivity index (χ4n) is 5.08. The van der Waals surface area contributed by atoms with Gasteiger partial charge < -0.3 is 15.1 Å². The molecule has 2 aromatic carbocycles. The van der Waals surface area contributed by atoms with E-state index in [4.69, 9.17) is 9.29 Å². The van der Waals surface area contributed by atoms with Gasteiger partial charge in [0.25, 0.3) is 10.1 Å². The lowest BCUT2D eigenvalue weighted by Crippen LogP contribution is -2.37. The molecular formula is C26H41N3O7S2. The Bertz CT molecular complexity index is 1280. The molecule has 1 aliphatic heterocycles. The number of fused-ring (bicyclic) bond motifs is 2. The molecule has 4 rings (SSSR count). The number of likely N-dealkylation sites (N-methyl/N-ethyl adjacent to an activating group) is 1. The monoisotopic (exact) mass is 571 g/mol. The van der Waals surface area contributed by atoms with E-state index >= 15 is 0 Å². The number of hydrogen-bond donors (Lipinski definition) is 2. The summed E-state index contributed by atoms with van der Waals surface area (Å²) in [5.41, 5.74) is 6.59. The number of nitrogens with one attached hydrogen (secondary N) is 1. The van der Waals surface area contributed by atoms with E-state index in [-0.39, 0.29) is 5.48 Å². The highest BCUT2D eigenvalue weighted by Crippen LogP contribution is 2.37. The van der Waals surface area contributed by atoms with Crippen LogP contribution in [0.2, 0.25) is 0 Å². The third-order valence-corrected chi connectivity index (χ3v) is 7.08. The molecule has 0 saturated carbocycles. The smallest absolute Gasteiger partial charge is 0.261 e. The average Bonchev–Trinajstić information content (AvgIpc) is 3.17. The summed E-state index contributed by atoms with van der Waals surface area (Å²) >= 11 is 0. The van der Waals surface area contributed by atoms with Crippen molar-refractivity contribution in [2.75, 3.05) is 39.3 Å². The molecule has 10 nitrogen and oxygen atoms in total. The van der Waals surface area contributed by atoms with Crippen LogP contribution in [0.5, 0.6) is 5.75 Å². The van der Waals surface area contributed by atoms with Gasteiger partial charge >= 0.3 is 0 Å². The molecule has 0 fully saturated rings. The molecule has 0 aromatic heterocycles. The first-order chi connectivity index (χ1) is 17.3. The highest BCUT2D eigenvalue weighted by atomic mass is 32.2. The molecule has 0 unspecified atom stereocenters. The Balaban J connectivity index is 0.000000774. The predicted molar refractivity (Wildman–Crippen MR) is 149 cm³/mol. The molecule has 2 aliphatic rings. The molecule has 4 N–H and O–H groups in total. The molecule has 2 aromatic rings. The van der Waals surface area contributed by atoms with Crippen LogP contribution in [-0.4, -0.2) is 76.0 Å². The van der Waals surface area contributed by atoms with Gasteiger partial charge in [0, 0.05) is 26.2 Å². The number of nitrogens with zero attached hydrogens (tertiary/aromatic N) is 2. The van der Waals surface area contributed by atoms with Crippen LogP contribution in [0.15, 0.2) is 36.4 Å². The second-order valence-electron chi connectivity index (χ2n) is 9.91. The van der Waals surface area contributed by atoms with E-state index in [1.165, 1.54) is 46.9 Å². The zero-order valence-corrected chi connectivity index (χ0v) is 24.2. The van der Waals surface area contributed by atoms with Gasteiger partial charge in [0.2, 0.25) is 10.0 Å². The lowest BCUT2D eigenvalue weighted by atomic mass is 9.82. The standard InChI is InChI=1S/C25H35N3O3S.CH4O3S.H2O/c1-4-31-25-10-6-8-23-21(7-5-9-24(23)25)16-27(2)14-13-19-11-12-20-17-28(18-22(20)15-19)26-32(3,29)30;1-5(2,3)4;/h6,8,10-12,15,21,26H,4-5,7,9,13-14,16-18H2,1-3H3;1H3,(H,2,3,4);1H2/t21-;;/m0../s1. The third kappa shape index (κ3) is 10.3. The van der Waals surface area contributed by atoms with Crippen LogP contribution < -0.4 is 9.57 Å². The van der Waals surface area contributed by atoms with Gasteiger partial charge in [-0.05, 0) is 79.5 Å². The summed E-state index contributed by atoms with van der Waals surface area (Å²) in [6, 6.07) is 13.1. The van der Waals surface area contributed by atoms with Crippen molar-refractivity contribution in [1.29, 1.82) is 0 Å². The number of rotatable bonds is 9. The number of ether oxygens (including phenoxy) is 1. The van der Waals surface area contributed by atoms with Crippen LogP contribution in [-0.2, 0) is 46.1 Å². The summed E-state index contributed by atoms with van der Waals surface area (Å²) < 4.78 is 54.8. The lowest BCUT2D eigenvalue weighted by molar-refractivity contribution is 0.249. The molecule has 0 bridgehead atoms. The van der Waals surface area contributed by atoms with Crippen LogP contribution in [0, 0.1) is 0 Å². The maximum Gasteiger partial charge on any atom is 0.261 e. The topological polar surface area (TPSA) is 148 Å². The van der Waals surface area contributed by atoms with Crippen LogP contribution >= 0.6 is 0 Å². The van der Waals surface area contributed by atoms with E-state index in [9.17, 15) is 16.8 Å². The fraction of sp³-hybridized carbons (Fsp3) is 0.538. The van der Waals surface area contributed by atoms with Crippen molar-refractivity contribution in [3.63, 3.8) is 0 Å². The van der Waals surface area contributed by atoms with Crippen molar-refractivity contribution in [3.8, 4) is 5.75 Å². The van der Waals surface area contributed by atoms with Gasteiger partial charge in [-0.15, -0.1) is 4.83 Å². The van der Waals surface area contributed by atoms with Crippen LogP contribution in [0.25, 0.3) is 0 Å². The molecule has 214 valence electrons. The molecule has 38 heavy (non-hydrogen) atoms. The predicted octanol–water partition coefficient (Wildman–Crippen LogP) is 2.14. The Morgan fingerprint density at radius 2 is 1.79 bits per heavy atom. The number of benzene rings is 2. The first kappa shape index (κ1) is 32.2. The molecule has 0 saturated heterocycles. The molecule has 0 spiro atoms. The Labute approximate surface area is 227 Å². The number of sulfonamides is 1. The summed E-state index contributed by atoms with van der Waals surface area (Å²) in [4.78, 5) is 5.03. The molecule has 0 radical (unpaired) electrons. The Morgan fingerprint density at radius 1 is 1.11 bits per heavy atom. The Morgan fingerprint density at radius 3 is 2.45 bits per heavy atom. The minimum atomic E-state index is -3.67. The van der Waals surface area contributed by atoms with E-state index in [0.29, 0.717) is 31.9 Å². The molecule has 1 atom stereocenters. The maximum absolute atomic E-state index is 11.5. The maximum atomic E-state index is 11.5. The van der Waals surface area contributed by atoms with Crippen molar-refractivity contribution in [2.45, 2.75) is 51.6 Å². The number of hydrogen-bond acceptors (Lipinski definition) is 7. The van der Waals surface area contributed by atoms with E-state index in [0.717, 1.165) is 31.7 Å². The van der Waals surface area contributed by atoms with Crippen LogP contribution in [0.3, 0.4) is 0 Å². The van der Waals surface area contributed by atoms with Crippen molar-refractivity contribution in [2.24, 2.45) is 0 Å². The normalized spacial score (nSPS) is 17.2. The van der Waals surface area contributed by atoms with Crippen molar-refractivity contribution < 1.29 is 31.6 Å². The molecule has 12 heteroatoms. The second kappa shape index (κ2) is 13.8. The minimum Gasteiger partial charge on any atom is -0.494 e. The summed E-state index contributed by atoms with van der Waals surface area (Å²) in [5, 5.41) is 1.76. The Kier molecular flexibility index (Phi) is 11.7. The first-order valence-corrected chi connectivity index (χ1v) is 16.2. The van der Waals surface area contributed by atoms with E-state index < -0.39 is 20.1 Å². The van der Waals surface area contributed by atoms with Gasteiger partial charge in [0.15, 0.2) is 0 Å². The first-order valence-electron chi connectivity index (χ1n) is 12.5. The quantitative estimate of drug-likeness (QED) is 0.435. The summed E-state index contributed by atoms with van der Waals surface area (Å²) in [5.74, 6) is 1.62. The number of hydrazine groups is 1. The van der Waals surface area contributed by atoms with Gasteiger partial charge in [-0.3, -0.25) is 4.55 Å². The van der Waals surface area contributed by atoms with Crippen molar-refractivity contribution in [3.05, 3.63) is 64.2 Å². The van der Waals surface area contributed by atoms with Crippen LogP contribution in [0.1, 0.15) is 53.5 Å². The van der Waals surface area contributed by atoms with Crippen molar-refractivity contribution in [1.82, 2.24) is 14.7 Å². The van der Waals surface area contributed by atoms with E-state index in [1.54, 1.807) is 5.01 Å². The van der Waals surface area contributed by atoms with E-state index in [2.05, 4.69) is 53.2 Å². The van der Waals surface area contributed by atoms with Gasteiger partial charge in [0.1, 0.15) is 5.75 Å². The molecule has 1 aliphatic carbocycles. The zero-order chi connectivity index (χ0) is 27.2. The van der Waals surface area contributed by atoms with Crippen molar-refractivity contribution >= 4 is 20.1 Å². The zero-order valence-electron chi connectivity index (χ0n) is 22.6. The molecular weight excluding hydrogens is 530 g/mol. The average molecular weight is 572 g/mol. The van der Waals surface area contributed by atoms with Gasteiger partial charge in [-0.1, -0.05) is 30.3 Å². The second-order valence-corrected chi connectivity index (χ2v) is 13.1. The summed E-state index contributed by atoms with van der Waals surface area (Å²) in [6.45, 7) is 6.05. The highest BCUT2D eigenvalue weighted by Gasteiger charge is 2.24. The van der Waals surface area contributed by atoms with E-state index in [1.807, 2.05) is 6.92 Å². The van der Waals surface area contributed by atoms with Gasteiger partial charge in [-0.25, -0.2) is 13.4 Å². The minimum absolute atomic E-state index is 0. The van der Waals surface area contributed by atoms with Crippen LogP contribution in [0.4, 0.5) is 0 Å². The third-order valence-electron chi connectivity index (χ3n) is 6.49. The fourth-order valence-corrected chi connectivity index (χ4v) is 5.68. The molecule has 0 amide bonds. The largest absolute Gasteiger partial charge is 0.494 e. The lowest BCUT2D eigenvalue weighted by Gasteiger charge is -2.30. The highest BCUT2D eigenvalue weighted by molar-refractivity contribution is 7.88. The SMILES string of the molecule is CCOc1cccc2c1CCC[C@H]2CN(C)CCc1ccc2c(c1)CN(NS(C)(=O)=O)C2.CS(=O)(=O)O.O. The summed E-state index contributed by atoms with van der Waals surface area (Å²) in [7, 11) is -4.69. The summed E-state index contributed by atoms with van der Waals surface area (Å²) in [6.07, 6.45) is 6.47. The van der Waals surface area contributed by atoms with Gasteiger partial charge in [-0.2, -0.15) is 8.42 Å².